The minimum Gasteiger partial charge on any atom is -0.456 e. The molecule has 1 aliphatic carbocycles. The van der Waals surface area contributed by atoms with E-state index < -0.39 is 5.41 Å². The lowest BCUT2D eigenvalue weighted by molar-refractivity contribution is 0.668. The highest BCUT2D eigenvalue weighted by molar-refractivity contribution is 6.14. The molecule has 1 aromatic heterocycles. The van der Waals surface area contributed by atoms with Crippen LogP contribution in [-0.2, 0) is 5.41 Å². The molecule has 1 heterocycles. The van der Waals surface area contributed by atoms with E-state index in [4.69, 9.17) is 4.42 Å². The predicted molar refractivity (Wildman–Crippen MR) is 237 cm³/mol. The normalized spacial score (nSPS) is 12.7. The van der Waals surface area contributed by atoms with E-state index in [1.54, 1.807) is 0 Å². The van der Waals surface area contributed by atoms with Gasteiger partial charge in [-0.1, -0.05) is 176 Å². The number of hydrogen-bond acceptors (Lipinski definition) is 2. The van der Waals surface area contributed by atoms with E-state index >= 15 is 0 Å². The highest BCUT2D eigenvalue weighted by atomic mass is 16.3. The lowest BCUT2D eigenvalue weighted by Crippen LogP contribution is -2.28. The Bertz CT molecular complexity index is 3010. The largest absolute Gasteiger partial charge is 0.456 e. The van der Waals surface area contributed by atoms with Gasteiger partial charge in [0, 0.05) is 16.8 Å². The second-order valence-electron chi connectivity index (χ2n) is 14.8. The number of para-hydroxylation sites is 1. The standard InChI is InChI=1S/C55H37NO/c1-4-16-38(17-5-1)40-30-32-42(33-31-40)55(49-26-12-10-24-46(49)47-25-11-13-27-50(47)55)43-34-35-52-48(37-43)54-51(28-15-29-53(54)57-52)56(44-21-8-3-9-22-44)45-23-14-20-41(36-45)39-18-6-2-7-19-39/h1-37H. The monoisotopic (exact) mass is 727 g/mol. The first-order valence-electron chi connectivity index (χ1n) is 19.6. The Morgan fingerprint density at radius 3 is 1.56 bits per heavy atom. The third-order valence-electron chi connectivity index (χ3n) is 11.8. The van der Waals surface area contributed by atoms with E-state index in [1.165, 1.54) is 55.6 Å². The molecule has 0 bridgehead atoms. The van der Waals surface area contributed by atoms with Crippen LogP contribution in [0.15, 0.2) is 229 Å². The van der Waals surface area contributed by atoms with Crippen LogP contribution in [-0.4, -0.2) is 0 Å². The third-order valence-corrected chi connectivity index (χ3v) is 11.8. The SMILES string of the molecule is c1ccc(-c2ccc(C3(c4ccc5oc6cccc(N(c7ccccc7)c7cccc(-c8ccccc8)c7)c6c5c4)c4ccccc4-c4ccccc43)cc2)cc1. The van der Waals surface area contributed by atoms with Gasteiger partial charge in [0.05, 0.1) is 16.5 Å². The van der Waals surface area contributed by atoms with Crippen molar-refractivity contribution in [2.45, 2.75) is 5.41 Å². The van der Waals surface area contributed by atoms with Crippen molar-refractivity contribution < 1.29 is 4.42 Å². The first-order chi connectivity index (χ1) is 28.3. The summed E-state index contributed by atoms with van der Waals surface area (Å²) in [5, 5.41) is 2.16. The molecule has 0 aliphatic heterocycles. The van der Waals surface area contributed by atoms with Gasteiger partial charge < -0.3 is 9.32 Å². The summed E-state index contributed by atoms with van der Waals surface area (Å²) < 4.78 is 6.74. The lowest BCUT2D eigenvalue weighted by atomic mass is 9.67. The summed E-state index contributed by atoms with van der Waals surface area (Å²) in [4.78, 5) is 2.37. The molecule has 2 nitrogen and oxygen atoms in total. The smallest absolute Gasteiger partial charge is 0.137 e. The first-order valence-corrected chi connectivity index (χ1v) is 19.6. The molecule has 0 spiro atoms. The molecule has 57 heavy (non-hydrogen) atoms. The maximum Gasteiger partial charge on any atom is 0.137 e. The van der Waals surface area contributed by atoms with Crippen LogP contribution in [0, 0.1) is 0 Å². The third kappa shape index (κ3) is 5.26. The predicted octanol–water partition coefficient (Wildman–Crippen LogP) is 14.8. The van der Waals surface area contributed by atoms with Crippen LogP contribution in [0.25, 0.3) is 55.3 Å². The highest BCUT2D eigenvalue weighted by Crippen LogP contribution is 2.57. The fourth-order valence-electron chi connectivity index (χ4n) is 9.25. The van der Waals surface area contributed by atoms with Crippen LogP contribution in [0.5, 0.6) is 0 Å². The van der Waals surface area contributed by atoms with Gasteiger partial charge in [-0.3, -0.25) is 0 Å². The molecule has 0 saturated carbocycles. The molecule has 268 valence electrons. The van der Waals surface area contributed by atoms with Gasteiger partial charge in [0.25, 0.3) is 0 Å². The summed E-state index contributed by atoms with van der Waals surface area (Å²) in [7, 11) is 0. The molecule has 0 amide bonds. The average molecular weight is 728 g/mol. The van der Waals surface area contributed by atoms with Crippen molar-refractivity contribution in [2.75, 3.05) is 4.90 Å². The van der Waals surface area contributed by atoms with Crippen molar-refractivity contribution in [3.8, 4) is 33.4 Å². The molecule has 0 unspecified atom stereocenters. The van der Waals surface area contributed by atoms with E-state index in [-0.39, 0.29) is 0 Å². The van der Waals surface area contributed by atoms with Gasteiger partial charge >= 0.3 is 0 Å². The van der Waals surface area contributed by atoms with Crippen LogP contribution in [0.3, 0.4) is 0 Å². The molecular weight excluding hydrogens is 691 g/mol. The second-order valence-corrected chi connectivity index (χ2v) is 14.8. The molecule has 0 fully saturated rings. The summed E-state index contributed by atoms with van der Waals surface area (Å²) >= 11 is 0. The van der Waals surface area contributed by atoms with Crippen molar-refractivity contribution in [1.82, 2.24) is 0 Å². The molecule has 1 aliphatic rings. The molecule has 9 aromatic carbocycles. The maximum atomic E-state index is 6.74. The topological polar surface area (TPSA) is 16.4 Å². The number of benzene rings is 9. The number of nitrogens with zero attached hydrogens (tertiary/aromatic N) is 1. The number of rotatable bonds is 7. The quantitative estimate of drug-likeness (QED) is 0.163. The molecule has 0 radical (unpaired) electrons. The Balaban J connectivity index is 1.16. The van der Waals surface area contributed by atoms with Crippen molar-refractivity contribution >= 4 is 39.0 Å². The number of anilines is 3. The van der Waals surface area contributed by atoms with E-state index in [0.717, 1.165) is 39.0 Å². The van der Waals surface area contributed by atoms with Gasteiger partial charge in [-0.25, -0.2) is 0 Å². The zero-order valence-corrected chi connectivity index (χ0v) is 31.2. The Hall–Kier alpha value is -7.42. The van der Waals surface area contributed by atoms with E-state index in [9.17, 15) is 0 Å². The molecule has 2 heteroatoms. The minimum atomic E-state index is -0.557. The Labute approximate surface area is 332 Å². The van der Waals surface area contributed by atoms with Crippen LogP contribution in [0.2, 0.25) is 0 Å². The fourth-order valence-corrected chi connectivity index (χ4v) is 9.25. The van der Waals surface area contributed by atoms with Crippen LogP contribution in [0.1, 0.15) is 22.3 Å². The van der Waals surface area contributed by atoms with Gasteiger partial charge in [-0.2, -0.15) is 0 Å². The van der Waals surface area contributed by atoms with Crippen molar-refractivity contribution in [3.63, 3.8) is 0 Å². The Morgan fingerprint density at radius 1 is 0.351 bits per heavy atom. The Kier molecular flexibility index (Phi) is 7.75. The van der Waals surface area contributed by atoms with Gasteiger partial charge in [0.1, 0.15) is 11.2 Å². The summed E-state index contributed by atoms with van der Waals surface area (Å²) in [5.74, 6) is 0. The fraction of sp³-hybridized carbons (Fsp3) is 0.0182. The summed E-state index contributed by atoms with van der Waals surface area (Å²) in [6, 6.07) is 81.1. The van der Waals surface area contributed by atoms with Crippen molar-refractivity contribution in [2.24, 2.45) is 0 Å². The summed E-state index contributed by atoms with van der Waals surface area (Å²) in [6.45, 7) is 0. The molecular formula is C55H37NO. The molecule has 0 saturated heterocycles. The zero-order valence-electron chi connectivity index (χ0n) is 31.2. The van der Waals surface area contributed by atoms with Crippen molar-refractivity contribution in [1.29, 1.82) is 0 Å². The number of furan rings is 1. The van der Waals surface area contributed by atoms with E-state index in [0.29, 0.717) is 0 Å². The average Bonchev–Trinajstić information content (AvgIpc) is 3.82. The first kappa shape index (κ1) is 33.0. The van der Waals surface area contributed by atoms with Crippen LogP contribution in [0.4, 0.5) is 17.1 Å². The zero-order chi connectivity index (χ0) is 37.8. The molecule has 0 N–H and O–H groups in total. The molecule has 0 atom stereocenters. The van der Waals surface area contributed by atoms with Gasteiger partial charge in [-0.05, 0) is 104 Å². The second kappa shape index (κ2) is 13.4. The van der Waals surface area contributed by atoms with E-state index in [2.05, 4.69) is 229 Å². The van der Waals surface area contributed by atoms with E-state index in [1.807, 2.05) is 0 Å². The Morgan fingerprint density at radius 2 is 0.877 bits per heavy atom. The molecule has 10 aromatic rings. The minimum absolute atomic E-state index is 0.557. The number of fused-ring (bicyclic) bond motifs is 6. The van der Waals surface area contributed by atoms with Crippen LogP contribution < -0.4 is 4.90 Å². The lowest BCUT2D eigenvalue weighted by Gasteiger charge is -2.34. The highest BCUT2D eigenvalue weighted by Gasteiger charge is 2.46. The van der Waals surface area contributed by atoms with Gasteiger partial charge in [0.2, 0.25) is 0 Å². The van der Waals surface area contributed by atoms with Crippen molar-refractivity contribution in [3.05, 3.63) is 247 Å². The summed E-state index contributed by atoms with van der Waals surface area (Å²) in [5.41, 5.74) is 16.7. The maximum absolute atomic E-state index is 6.74. The van der Waals surface area contributed by atoms with Gasteiger partial charge in [-0.15, -0.1) is 0 Å². The molecule has 11 rings (SSSR count). The summed E-state index contributed by atoms with van der Waals surface area (Å²) in [6.07, 6.45) is 0. The van der Waals surface area contributed by atoms with Crippen LogP contribution >= 0.6 is 0 Å². The van der Waals surface area contributed by atoms with Gasteiger partial charge in [0.15, 0.2) is 0 Å². The number of hydrogen-bond donors (Lipinski definition) is 0.